The van der Waals surface area contributed by atoms with Crippen LogP contribution >= 0.6 is 12.4 Å². The molecule has 1 atom stereocenters. The SMILES string of the molecule is Cc1cc(NC(=O)CC(C)C2CCNCC2)ccc1N1C(=O)CCC1=O.Cl. The van der Waals surface area contributed by atoms with E-state index in [4.69, 9.17) is 0 Å². The molecule has 2 aliphatic rings. The van der Waals surface area contributed by atoms with Crippen LogP contribution in [-0.4, -0.2) is 30.8 Å². The molecule has 7 heteroatoms. The van der Waals surface area contributed by atoms with Gasteiger partial charge in [-0.15, -0.1) is 12.4 Å². The quantitative estimate of drug-likeness (QED) is 0.753. The monoisotopic (exact) mass is 393 g/mol. The highest BCUT2D eigenvalue weighted by atomic mass is 35.5. The molecule has 0 saturated carbocycles. The highest BCUT2D eigenvalue weighted by Crippen LogP contribution is 2.29. The Morgan fingerprint density at radius 2 is 1.85 bits per heavy atom. The van der Waals surface area contributed by atoms with E-state index in [1.54, 1.807) is 12.1 Å². The normalized spacial score (nSPS) is 19.0. The van der Waals surface area contributed by atoms with Crippen molar-refractivity contribution in [2.45, 2.75) is 46.0 Å². The number of rotatable bonds is 5. The fraction of sp³-hybridized carbons (Fsp3) is 0.550. The number of imide groups is 1. The summed E-state index contributed by atoms with van der Waals surface area (Å²) in [7, 11) is 0. The Bertz CT molecular complexity index is 700. The van der Waals surface area contributed by atoms with E-state index < -0.39 is 0 Å². The zero-order chi connectivity index (χ0) is 18.7. The van der Waals surface area contributed by atoms with Gasteiger partial charge in [0.1, 0.15) is 0 Å². The fourth-order valence-corrected chi connectivity index (χ4v) is 3.91. The lowest BCUT2D eigenvalue weighted by atomic mass is 9.84. The molecule has 0 radical (unpaired) electrons. The third-order valence-electron chi connectivity index (χ3n) is 5.47. The molecule has 6 nitrogen and oxygen atoms in total. The molecule has 148 valence electrons. The maximum atomic E-state index is 12.4. The highest BCUT2D eigenvalue weighted by molar-refractivity contribution is 6.20. The van der Waals surface area contributed by atoms with Gasteiger partial charge in [0, 0.05) is 24.9 Å². The molecule has 27 heavy (non-hydrogen) atoms. The number of anilines is 2. The minimum absolute atomic E-state index is 0. The molecule has 2 fully saturated rings. The molecule has 1 aromatic rings. The number of hydrogen-bond donors (Lipinski definition) is 2. The summed E-state index contributed by atoms with van der Waals surface area (Å²) in [5.41, 5.74) is 2.12. The number of carbonyl (C=O) groups is 3. The number of benzene rings is 1. The summed E-state index contributed by atoms with van der Waals surface area (Å²) in [5, 5.41) is 6.30. The van der Waals surface area contributed by atoms with Crippen molar-refractivity contribution in [3.05, 3.63) is 23.8 Å². The van der Waals surface area contributed by atoms with Crippen LogP contribution in [0.2, 0.25) is 0 Å². The van der Waals surface area contributed by atoms with Gasteiger partial charge in [0.25, 0.3) is 0 Å². The van der Waals surface area contributed by atoms with E-state index in [2.05, 4.69) is 17.6 Å². The van der Waals surface area contributed by atoms with Crippen LogP contribution in [0.5, 0.6) is 0 Å². The van der Waals surface area contributed by atoms with Crippen molar-refractivity contribution in [2.75, 3.05) is 23.3 Å². The molecule has 0 bridgehead atoms. The van der Waals surface area contributed by atoms with E-state index in [1.165, 1.54) is 4.90 Å². The van der Waals surface area contributed by atoms with E-state index >= 15 is 0 Å². The number of carbonyl (C=O) groups excluding carboxylic acids is 3. The third kappa shape index (κ3) is 5.08. The average molecular weight is 394 g/mol. The summed E-state index contributed by atoms with van der Waals surface area (Å²) in [6.07, 6.45) is 3.30. The van der Waals surface area contributed by atoms with Gasteiger partial charge in [-0.05, 0) is 68.5 Å². The summed E-state index contributed by atoms with van der Waals surface area (Å²) in [5.74, 6) is 0.642. The number of halogens is 1. The van der Waals surface area contributed by atoms with Crippen molar-refractivity contribution >= 4 is 41.5 Å². The smallest absolute Gasteiger partial charge is 0.234 e. The zero-order valence-corrected chi connectivity index (χ0v) is 16.7. The van der Waals surface area contributed by atoms with Crippen molar-refractivity contribution in [2.24, 2.45) is 11.8 Å². The van der Waals surface area contributed by atoms with Gasteiger partial charge >= 0.3 is 0 Å². The minimum Gasteiger partial charge on any atom is -0.326 e. The second-order valence-corrected chi connectivity index (χ2v) is 7.44. The maximum Gasteiger partial charge on any atom is 0.234 e. The summed E-state index contributed by atoms with van der Waals surface area (Å²) >= 11 is 0. The topological polar surface area (TPSA) is 78.5 Å². The van der Waals surface area contributed by atoms with E-state index in [1.807, 2.05) is 13.0 Å². The molecule has 0 spiro atoms. The van der Waals surface area contributed by atoms with Gasteiger partial charge in [-0.2, -0.15) is 0 Å². The van der Waals surface area contributed by atoms with Crippen molar-refractivity contribution in [1.82, 2.24) is 5.32 Å². The van der Waals surface area contributed by atoms with Gasteiger partial charge < -0.3 is 10.6 Å². The average Bonchev–Trinajstić information content (AvgIpc) is 2.94. The Kier molecular flexibility index (Phi) is 7.39. The molecule has 2 aliphatic heterocycles. The lowest BCUT2D eigenvalue weighted by molar-refractivity contribution is -0.121. The van der Waals surface area contributed by atoms with Crippen LogP contribution < -0.4 is 15.5 Å². The molecule has 1 aromatic carbocycles. The number of amides is 3. The number of hydrogen-bond acceptors (Lipinski definition) is 4. The van der Waals surface area contributed by atoms with Crippen molar-refractivity contribution in [3.63, 3.8) is 0 Å². The summed E-state index contributed by atoms with van der Waals surface area (Å²) < 4.78 is 0. The first-order chi connectivity index (χ1) is 12.5. The van der Waals surface area contributed by atoms with Crippen LogP contribution in [0.3, 0.4) is 0 Å². The van der Waals surface area contributed by atoms with E-state index in [9.17, 15) is 14.4 Å². The van der Waals surface area contributed by atoms with Gasteiger partial charge in [-0.25, -0.2) is 0 Å². The summed E-state index contributed by atoms with van der Waals surface area (Å²) in [4.78, 5) is 37.4. The molecule has 3 amide bonds. The third-order valence-corrected chi connectivity index (χ3v) is 5.47. The maximum absolute atomic E-state index is 12.4. The van der Waals surface area contributed by atoms with Gasteiger partial charge in [0.2, 0.25) is 17.7 Å². The number of aryl methyl sites for hydroxylation is 1. The predicted molar refractivity (Wildman–Crippen MR) is 108 cm³/mol. The van der Waals surface area contributed by atoms with Crippen molar-refractivity contribution in [1.29, 1.82) is 0 Å². The van der Waals surface area contributed by atoms with Crippen molar-refractivity contribution in [3.8, 4) is 0 Å². The first kappa shape index (κ1) is 21.4. The largest absolute Gasteiger partial charge is 0.326 e. The molecule has 2 saturated heterocycles. The number of piperidine rings is 1. The predicted octanol–water partition coefficient (Wildman–Crippen LogP) is 3.03. The molecule has 1 unspecified atom stereocenters. The Labute approximate surface area is 166 Å². The van der Waals surface area contributed by atoms with Gasteiger partial charge in [-0.1, -0.05) is 6.92 Å². The molecule has 3 rings (SSSR count). The Balaban J connectivity index is 0.00000261. The first-order valence-electron chi connectivity index (χ1n) is 9.42. The summed E-state index contributed by atoms with van der Waals surface area (Å²) in [6, 6.07) is 5.32. The van der Waals surface area contributed by atoms with Gasteiger partial charge in [0.05, 0.1) is 5.69 Å². The standard InChI is InChI=1S/C20H27N3O3.ClH/c1-13(15-7-9-21-10-8-15)12-18(24)22-16-3-4-17(14(2)11-16)23-19(25)5-6-20(23)26;/h3-4,11,13,15,21H,5-10,12H2,1-2H3,(H,22,24);1H. The molecular formula is C20H28ClN3O3. The lowest BCUT2D eigenvalue weighted by Crippen LogP contribution is -2.32. The van der Waals surface area contributed by atoms with Gasteiger partial charge in [-0.3, -0.25) is 19.3 Å². The zero-order valence-electron chi connectivity index (χ0n) is 15.9. The first-order valence-corrected chi connectivity index (χ1v) is 9.42. The highest BCUT2D eigenvalue weighted by Gasteiger charge is 2.31. The molecule has 0 aromatic heterocycles. The molecule has 2 heterocycles. The van der Waals surface area contributed by atoms with Crippen LogP contribution in [-0.2, 0) is 14.4 Å². The Morgan fingerprint density at radius 3 is 2.44 bits per heavy atom. The van der Waals surface area contributed by atoms with E-state index in [0.717, 1.165) is 31.5 Å². The number of nitrogens with one attached hydrogen (secondary N) is 2. The lowest BCUT2D eigenvalue weighted by Gasteiger charge is -2.27. The Hall–Kier alpha value is -1.92. The molecular weight excluding hydrogens is 366 g/mol. The van der Waals surface area contributed by atoms with E-state index in [-0.39, 0.29) is 43.0 Å². The van der Waals surface area contributed by atoms with Crippen molar-refractivity contribution < 1.29 is 14.4 Å². The second-order valence-electron chi connectivity index (χ2n) is 7.44. The molecule has 2 N–H and O–H groups in total. The van der Waals surface area contributed by atoms with Crippen LogP contribution in [0.25, 0.3) is 0 Å². The second kappa shape index (κ2) is 9.33. The number of nitrogens with zero attached hydrogens (tertiary/aromatic N) is 1. The van der Waals surface area contributed by atoms with Crippen LogP contribution in [0.4, 0.5) is 11.4 Å². The summed E-state index contributed by atoms with van der Waals surface area (Å²) in [6.45, 7) is 6.06. The van der Waals surface area contributed by atoms with Crippen LogP contribution in [0.15, 0.2) is 18.2 Å². The molecule has 0 aliphatic carbocycles. The van der Waals surface area contributed by atoms with E-state index in [0.29, 0.717) is 29.6 Å². The van der Waals surface area contributed by atoms with Crippen LogP contribution in [0, 0.1) is 18.8 Å². The van der Waals surface area contributed by atoms with Gasteiger partial charge in [0.15, 0.2) is 0 Å². The Morgan fingerprint density at radius 1 is 1.22 bits per heavy atom. The minimum atomic E-state index is -0.161. The fourth-order valence-electron chi connectivity index (χ4n) is 3.91. The van der Waals surface area contributed by atoms with Crippen LogP contribution in [0.1, 0.15) is 44.6 Å².